The summed E-state index contributed by atoms with van der Waals surface area (Å²) in [6, 6.07) is 4.13. The van der Waals surface area contributed by atoms with Gasteiger partial charge in [0.15, 0.2) is 0 Å². The number of hydrogen-bond donors (Lipinski definition) is 2. The Morgan fingerprint density at radius 1 is 1.38 bits per heavy atom. The van der Waals surface area contributed by atoms with Gasteiger partial charge in [-0.25, -0.2) is 9.59 Å². The minimum atomic E-state index is -1.05. The molecule has 2 amide bonds. The average molecular weight is 312 g/mol. The third kappa shape index (κ3) is 3.65. The summed E-state index contributed by atoms with van der Waals surface area (Å²) in [6.07, 6.45) is 0. The maximum absolute atomic E-state index is 12.3. The van der Waals surface area contributed by atoms with Crippen LogP contribution in [0.25, 0.3) is 0 Å². The van der Waals surface area contributed by atoms with E-state index in [4.69, 9.17) is 16.7 Å². The molecule has 0 bridgehead atoms. The van der Waals surface area contributed by atoms with Crippen LogP contribution < -0.4 is 5.32 Å². The Labute approximate surface area is 128 Å². The zero-order chi connectivity index (χ0) is 15.6. The van der Waals surface area contributed by atoms with E-state index in [1.807, 2.05) is 14.0 Å². The molecule has 6 nitrogen and oxygen atoms in total. The molecule has 1 heterocycles. The van der Waals surface area contributed by atoms with Crippen LogP contribution in [0.5, 0.6) is 0 Å². The monoisotopic (exact) mass is 311 g/mol. The summed E-state index contributed by atoms with van der Waals surface area (Å²) in [6.45, 7) is 4.28. The number of nitrogens with one attached hydrogen (secondary N) is 1. The van der Waals surface area contributed by atoms with Gasteiger partial charge in [-0.15, -0.1) is 0 Å². The van der Waals surface area contributed by atoms with E-state index in [0.29, 0.717) is 12.2 Å². The van der Waals surface area contributed by atoms with Crippen LogP contribution in [0.15, 0.2) is 18.2 Å². The van der Waals surface area contributed by atoms with Gasteiger partial charge in [0.05, 0.1) is 16.3 Å². The second kappa shape index (κ2) is 6.32. The highest BCUT2D eigenvalue weighted by atomic mass is 35.5. The summed E-state index contributed by atoms with van der Waals surface area (Å²) in [4.78, 5) is 27.0. The van der Waals surface area contributed by atoms with Crippen molar-refractivity contribution in [2.24, 2.45) is 0 Å². The molecule has 2 rings (SSSR count). The van der Waals surface area contributed by atoms with Crippen molar-refractivity contribution in [3.8, 4) is 0 Å². The highest BCUT2D eigenvalue weighted by Gasteiger charge is 2.26. The molecule has 114 valence electrons. The molecule has 21 heavy (non-hydrogen) atoms. The summed E-state index contributed by atoms with van der Waals surface area (Å²) in [5.74, 6) is -1.05. The molecule has 0 spiro atoms. The molecule has 0 aliphatic carbocycles. The molecule has 1 aromatic carbocycles. The molecule has 1 aromatic rings. The van der Waals surface area contributed by atoms with E-state index in [-0.39, 0.29) is 22.7 Å². The Kier molecular flexibility index (Phi) is 4.69. The molecule has 1 atom stereocenters. The van der Waals surface area contributed by atoms with Crippen LogP contribution in [-0.4, -0.2) is 59.6 Å². The predicted octanol–water partition coefficient (Wildman–Crippen LogP) is 2.21. The fraction of sp³-hybridized carbons (Fsp3) is 0.429. The molecule has 1 fully saturated rings. The highest BCUT2D eigenvalue weighted by Crippen LogP contribution is 2.24. The Hall–Kier alpha value is -1.79. The summed E-state index contributed by atoms with van der Waals surface area (Å²) >= 11 is 6.01. The summed E-state index contributed by atoms with van der Waals surface area (Å²) in [5, 5.41) is 11.8. The lowest BCUT2D eigenvalue weighted by Crippen LogP contribution is -2.53. The molecule has 2 N–H and O–H groups in total. The first-order chi connectivity index (χ1) is 9.88. The number of hydrogen-bond acceptors (Lipinski definition) is 3. The van der Waals surface area contributed by atoms with Crippen LogP contribution >= 0.6 is 11.6 Å². The van der Waals surface area contributed by atoms with E-state index >= 15 is 0 Å². The van der Waals surface area contributed by atoms with Crippen LogP contribution in [0.1, 0.15) is 17.3 Å². The molecule has 1 saturated heterocycles. The number of carboxylic acid groups (broad SMARTS) is 1. The van der Waals surface area contributed by atoms with Crippen LogP contribution in [-0.2, 0) is 0 Å². The van der Waals surface area contributed by atoms with Crippen molar-refractivity contribution >= 4 is 29.3 Å². The van der Waals surface area contributed by atoms with Gasteiger partial charge in [-0.05, 0) is 32.2 Å². The molecule has 1 aliphatic rings. The number of likely N-dealkylation sites (N-methyl/N-ethyl adjacent to an activating group) is 1. The van der Waals surface area contributed by atoms with Crippen LogP contribution in [0.4, 0.5) is 10.5 Å². The molecule has 7 heteroatoms. The Morgan fingerprint density at radius 3 is 2.67 bits per heavy atom. The maximum atomic E-state index is 12.3. The number of carbonyl (C=O) groups excluding carboxylic acids is 1. The van der Waals surface area contributed by atoms with Crippen molar-refractivity contribution in [1.29, 1.82) is 0 Å². The van der Waals surface area contributed by atoms with Crippen molar-refractivity contribution in [2.45, 2.75) is 13.0 Å². The lowest BCUT2D eigenvalue weighted by Gasteiger charge is -2.38. The third-order valence-electron chi connectivity index (χ3n) is 3.55. The van der Waals surface area contributed by atoms with Crippen LogP contribution in [0.2, 0.25) is 5.02 Å². The zero-order valence-electron chi connectivity index (χ0n) is 12.0. The van der Waals surface area contributed by atoms with Crippen molar-refractivity contribution < 1.29 is 14.7 Å². The quantitative estimate of drug-likeness (QED) is 0.878. The van der Waals surface area contributed by atoms with E-state index in [9.17, 15) is 9.59 Å². The first-order valence-electron chi connectivity index (χ1n) is 6.67. The number of piperazine rings is 1. The van der Waals surface area contributed by atoms with Crippen molar-refractivity contribution in [2.75, 3.05) is 32.0 Å². The number of nitrogens with zero attached hydrogens (tertiary/aromatic N) is 2. The van der Waals surface area contributed by atoms with E-state index in [2.05, 4.69) is 10.2 Å². The van der Waals surface area contributed by atoms with Gasteiger partial charge >= 0.3 is 12.0 Å². The maximum Gasteiger partial charge on any atom is 0.335 e. The smallest absolute Gasteiger partial charge is 0.335 e. The summed E-state index contributed by atoms with van der Waals surface area (Å²) in [7, 11) is 2.02. The lowest BCUT2D eigenvalue weighted by molar-refractivity contribution is 0.0697. The second-order valence-corrected chi connectivity index (χ2v) is 5.64. The zero-order valence-corrected chi connectivity index (χ0v) is 12.7. The highest BCUT2D eigenvalue weighted by molar-refractivity contribution is 6.34. The standard InChI is InChI=1S/C14H18ClN3O3/c1-9-8-17(2)5-6-18(9)14(21)16-12-4-3-10(13(19)20)7-11(12)15/h3-4,7,9H,5-6,8H2,1-2H3,(H,16,21)(H,19,20). The van der Waals surface area contributed by atoms with E-state index in [1.54, 1.807) is 4.90 Å². The first kappa shape index (κ1) is 15.6. The summed E-state index contributed by atoms with van der Waals surface area (Å²) < 4.78 is 0. The average Bonchev–Trinajstić information content (AvgIpc) is 2.40. The number of amides is 2. The second-order valence-electron chi connectivity index (χ2n) is 5.23. The van der Waals surface area contributed by atoms with Gasteiger partial charge in [0, 0.05) is 25.7 Å². The molecule has 0 aromatic heterocycles. The van der Waals surface area contributed by atoms with Crippen molar-refractivity contribution in [1.82, 2.24) is 9.80 Å². The van der Waals surface area contributed by atoms with E-state index in [1.165, 1.54) is 18.2 Å². The molecule has 1 unspecified atom stereocenters. The molecule has 1 aliphatic heterocycles. The number of carbonyl (C=O) groups is 2. The normalized spacial score (nSPS) is 19.4. The van der Waals surface area contributed by atoms with E-state index in [0.717, 1.165) is 13.1 Å². The fourth-order valence-electron chi connectivity index (χ4n) is 2.38. The summed E-state index contributed by atoms with van der Waals surface area (Å²) in [5.41, 5.74) is 0.503. The number of aromatic carboxylic acids is 1. The van der Waals surface area contributed by atoms with Gasteiger partial charge in [0.2, 0.25) is 0 Å². The number of benzene rings is 1. The third-order valence-corrected chi connectivity index (χ3v) is 3.86. The van der Waals surface area contributed by atoms with Crippen molar-refractivity contribution in [3.05, 3.63) is 28.8 Å². The number of anilines is 1. The molecule has 0 saturated carbocycles. The van der Waals surface area contributed by atoms with Crippen LogP contribution in [0.3, 0.4) is 0 Å². The SMILES string of the molecule is CC1CN(C)CCN1C(=O)Nc1ccc(C(=O)O)cc1Cl. The minimum Gasteiger partial charge on any atom is -0.478 e. The largest absolute Gasteiger partial charge is 0.478 e. The molecule has 0 radical (unpaired) electrons. The van der Waals surface area contributed by atoms with Crippen LogP contribution in [0, 0.1) is 0 Å². The van der Waals surface area contributed by atoms with E-state index < -0.39 is 5.97 Å². The van der Waals surface area contributed by atoms with Gasteiger partial charge in [-0.3, -0.25) is 0 Å². The molecular formula is C14H18ClN3O3. The number of rotatable bonds is 2. The van der Waals surface area contributed by atoms with Gasteiger partial charge in [-0.2, -0.15) is 0 Å². The van der Waals surface area contributed by atoms with Crippen molar-refractivity contribution in [3.63, 3.8) is 0 Å². The first-order valence-corrected chi connectivity index (χ1v) is 7.05. The van der Waals surface area contributed by atoms with Gasteiger partial charge in [0.25, 0.3) is 0 Å². The molecular weight excluding hydrogens is 294 g/mol. The minimum absolute atomic E-state index is 0.0889. The number of urea groups is 1. The van der Waals surface area contributed by atoms with Gasteiger partial charge in [-0.1, -0.05) is 11.6 Å². The fourth-order valence-corrected chi connectivity index (χ4v) is 2.61. The van der Waals surface area contributed by atoms with Gasteiger partial charge in [0.1, 0.15) is 0 Å². The Bertz CT molecular complexity index is 564. The number of carboxylic acids is 1. The lowest BCUT2D eigenvalue weighted by atomic mass is 10.2. The Balaban J connectivity index is 2.07. The predicted molar refractivity (Wildman–Crippen MR) is 81.1 cm³/mol. The number of halogens is 1. The topological polar surface area (TPSA) is 72.9 Å². The van der Waals surface area contributed by atoms with Gasteiger partial charge < -0.3 is 20.2 Å². The Morgan fingerprint density at radius 2 is 2.10 bits per heavy atom.